The topological polar surface area (TPSA) is 20.7 Å². The van der Waals surface area contributed by atoms with Crippen LogP contribution < -0.4 is 0 Å². The van der Waals surface area contributed by atoms with Crippen molar-refractivity contribution in [3.63, 3.8) is 0 Å². The third-order valence-electron chi connectivity index (χ3n) is 2.89. The van der Waals surface area contributed by atoms with E-state index in [1.165, 1.54) is 18.2 Å². The molecule has 3 rings (SSSR count). The Kier molecular flexibility index (Phi) is 3.40. The summed E-state index contributed by atoms with van der Waals surface area (Å²) in [6.45, 7) is 0. The Labute approximate surface area is 131 Å². The van der Waals surface area contributed by atoms with E-state index in [9.17, 15) is 8.78 Å². The number of aromatic nitrogens is 2. The molecule has 0 unspecified atom stereocenters. The summed E-state index contributed by atoms with van der Waals surface area (Å²) in [7, 11) is 0. The van der Waals surface area contributed by atoms with Gasteiger partial charge in [0.05, 0.1) is 26.2 Å². The smallest absolute Gasteiger partial charge is 0.182 e. The molecule has 0 radical (unpaired) electrons. The predicted octanol–water partition coefficient (Wildman–Crippen LogP) is 5.38. The van der Waals surface area contributed by atoms with Gasteiger partial charge in [0.25, 0.3) is 0 Å². The lowest BCUT2D eigenvalue weighted by atomic mass is 10.2. The van der Waals surface area contributed by atoms with Crippen molar-refractivity contribution in [1.29, 1.82) is 0 Å². The summed E-state index contributed by atoms with van der Waals surface area (Å²) in [6.07, 6.45) is 0. The molecule has 0 saturated carbocycles. The number of halogens is 4. The molecule has 2 aromatic carbocycles. The van der Waals surface area contributed by atoms with Crippen LogP contribution >= 0.6 is 39.7 Å². The zero-order valence-corrected chi connectivity index (χ0v) is 12.9. The second-order valence-corrected chi connectivity index (χ2v) is 5.80. The molecule has 0 saturated heterocycles. The van der Waals surface area contributed by atoms with Crippen molar-refractivity contribution in [2.24, 2.45) is 0 Å². The maximum Gasteiger partial charge on any atom is 0.182 e. The fourth-order valence-corrected chi connectivity index (χ4v) is 2.76. The highest BCUT2D eigenvalue weighted by molar-refractivity contribution is 9.10. The molecule has 0 fully saturated rings. The molecule has 0 aliphatic rings. The van der Waals surface area contributed by atoms with Gasteiger partial charge in [0.15, 0.2) is 4.77 Å². The Hall–Kier alpha value is -1.24. The standard InChI is InChI=1S/C13H6BrClF2N2S/c14-7-4-11-12(5-9(7)16)19(13(20)18-11)6-1-2-8(15)10(17)3-6/h1-5H,(H,18,20). The van der Waals surface area contributed by atoms with Gasteiger partial charge < -0.3 is 4.98 Å². The maximum atomic E-state index is 13.7. The van der Waals surface area contributed by atoms with E-state index in [1.807, 2.05) is 0 Å². The van der Waals surface area contributed by atoms with Gasteiger partial charge in [-0.05, 0) is 52.4 Å². The lowest BCUT2D eigenvalue weighted by Crippen LogP contribution is -1.95. The number of hydrogen-bond acceptors (Lipinski definition) is 1. The fourth-order valence-electron chi connectivity index (χ4n) is 1.98. The van der Waals surface area contributed by atoms with Crippen LogP contribution in [0, 0.1) is 16.4 Å². The average molecular weight is 376 g/mol. The molecule has 102 valence electrons. The number of aromatic amines is 1. The van der Waals surface area contributed by atoms with Crippen LogP contribution in [0.5, 0.6) is 0 Å². The van der Waals surface area contributed by atoms with E-state index in [4.69, 9.17) is 23.8 Å². The van der Waals surface area contributed by atoms with Gasteiger partial charge in [0, 0.05) is 6.07 Å². The first-order chi connectivity index (χ1) is 9.47. The summed E-state index contributed by atoms with van der Waals surface area (Å²) in [4.78, 5) is 2.95. The van der Waals surface area contributed by atoms with Gasteiger partial charge in [0.2, 0.25) is 0 Å². The van der Waals surface area contributed by atoms with E-state index in [2.05, 4.69) is 20.9 Å². The number of imidazole rings is 1. The highest BCUT2D eigenvalue weighted by Crippen LogP contribution is 2.27. The Balaban J connectivity index is 2.35. The molecule has 1 aromatic heterocycles. The van der Waals surface area contributed by atoms with Crippen molar-refractivity contribution in [3.05, 3.63) is 56.2 Å². The van der Waals surface area contributed by atoms with E-state index in [0.29, 0.717) is 26.0 Å². The molecule has 7 heteroatoms. The number of hydrogen-bond donors (Lipinski definition) is 1. The van der Waals surface area contributed by atoms with Crippen LogP contribution in [0.2, 0.25) is 5.02 Å². The summed E-state index contributed by atoms with van der Waals surface area (Å²) < 4.78 is 29.5. The van der Waals surface area contributed by atoms with Crippen LogP contribution in [0.3, 0.4) is 0 Å². The molecule has 0 aliphatic carbocycles. The minimum Gasteiger partial charge on any atom is -0.330 e. The van der Waals surface area contributed by atoms with E-state index in [1.54, 1.807) is 16.7 Å². The number of nitrogens with zero attached hydrogens (tertiary/aromatic N) is 1. The molecule has 0 atom stereocenters. The number of rotatable bonds is 1. The molecular formula is C13H6BrClF2N2S. The first-order valence-corrected chi connectivity index (χ1v) is 7.10. The van der Waals surface area contributed by atoms with Crippen LogP contribution in [-0.4, -0.2) is 9.55 Å². The summed E-state index contributed by atoms with van der Waals surface area (Å²) in [5.41, 5.74) is 1.65. The number of benzene rings is 2. The van der Waals surface area contributed by atoms with Crippen LogP contribution in [0.15, 0.2) is 34.8 Å². The monoisotopic (exact) mass is 374 g/mol. The van der Waals surface area contributed by atoms with E-state index < -0.39 is 11.6 Å². The van der Waals surface area contributed by atoms with Gasteiger partial charge in [-0.3, -0.25) is 4.57 Å². The third-order valence-corrected chi connectivity index (χ3v) is 4.08. The molecule has 1 heterocycles. The molecule has 3 aromatic rings. The quantitative estimate of drug-likeness (QED) is 0.566. The van der Waals surface area contributed by atoms with Gasteiger partial charge in [0.1, 0.15) is 11.6 Å². The van der Waals surface area contributed by atoms with E-state index in [-0.39, 0.29) is 5.02 Å². The Bertz CT molecular complexity index is 888. The highest BCUT2D eigenvalue weighted by atomic mass is 79.9. The predicted molar refractivity (Wildman–Crippen MR) is 81.1 cm³/mol. The number of nitrogens with one attached hydrogen (secondary N) is 1. The Morgan fingerprint density at radius 1 is 1.15 bits per heavy atom. The fraction of sp³-hybridized carbons (Fsp3) is 0. The summed E-state index contributed by atoms with van der Waals surface area (Å²) >= 11 is 14.0. The first-order valence-electron chi connectivity index (χ1n) is 5.52. The molecular weight excluding hydrogens is 370 g/mol. The van der Waals surface area contributed by atoms with E-state index >= 15 is 0 Å². The Morgan fingerprint density at radius 2 is 1.90 bits per heavy atom. The second kappa shape index (κ2) is 4.95. The second-order valence-electron chi connectivity index (χ2n) is 4.15. The molecule has 2 nitrogen and oxygen atoms in total. The third kappa shape index (κ3) is 2.17. The summed E-state index contributed by atoms with van der Waals surface area (Å²) in [6, 6.07) is 7.23. The van der Waals surface area contributed by atoms with Crippen molar-refractivity contribution in [1.82, 2.24) is 9.55 Å². The number of fused-ring (bicyclic) bond motifs is 1. The normalized spacial score (nSPS) is 11.2. The van der Waals surface area contributed by atoms with Gasteiger partial charge in [-0.15, -0.1) is 0 Å². The average Bonchev–Trinajstić information content (AvgIpc) is 2.69. The van der Waals surface area contributed by atoms with Gasteiger partial charge >= 0.3 is 0 Å². The van der Waals surface area contributed by atoms with Crippen molar-refractivity contribution >= 4 is 50.8 Å². The number of H-pyrrole nitrogens is 1. The van der Waals surface area contributed by atoms with Gasteiger partial charge in [-0.25, -0.2) is 8.78 Å². The SMILES string of the molecule is Fc1cc(-n2c(=S)[nH]c3cc(Br)c(F)cc32)ccc1Cl. The van der Waals surface area contributed by atoms with Crippen molar-refractivity contribution < 1.29 is 8.78 Å². The maximum absolute atomic E-state index is 13.7. The zero-order valence-electron chi connectivity index (χ0n) is 9.75. The van der Waals surface area contributed by atoms with Crippen LogP contribution in [-0.2, 0) is 0 Å². The summed E-state index contributed by atoms with van der Waals surface area (Å²) in [5.74, 6) is -0.979. The molecule has 0 spiro atoms. The van der Waals surface area contributed by atoms with Crippen molar-refractivity contribution in [2.45, 2.75) is 0 Å². The van der Waals surface area contributed by atoms with Gasteiger partial charge in [-0.2, -0.15) is 0 Å². The first kappa shape index (κ1) is 13.7. The van der Waals surface area contributed by atoms with Crippen LogP contribution in [0.1, 0.15) is 0 Å². The molecule has 0 bridgehead atoms. The Morgan fingerprint density at radius 3 is 2.60 bits per heavy atom. The van der Waals surface area contributed by atoms with Crippen molar-refractivity contribution in [3.8, 4) is 5.69 Å². The van der Waals surface area contributed by atoms with E-state index in [0.717, 1.165) is 0 Å². The largest absolute Gasteiger partial charge is 0.330 e. The lowest BCUT2D eigenvalue weighted by molar-refractivity contribution is 0.622. The molecule has 1 N–H and O–H groups in total. The highest BCUT2D eigenvalue weighted by Gasteiger charge is 2.11. The van der Waals surface area contributed by atoms with Gasteiger partial charge in [-0.1, -0.05) is 11.6 Å². The van der Waals surface area contributed by atoms with Crippen molar-refractivity contribution in [2.75, 3.05) is 0 Å². The molecule has 0 aliphatic heterocycles. The molecule has 20 heavy (non-hydrogen) atoms. The summed E-state index contributed by atoms with van der Waals surface area (Å²) in [5, 5.41) is 0.0223. The van der Waals surface area contributed by atoms with Crippen LogP contribution in [0.4, 0.5) is 8.78 Å². The van der Waals surface area contributed by atoms with Crippen LogP contribution in [0.25, 0.3) is 16.7 Å². The minimum atomic E-state index is -0.557. The zero-order chi connectivity index (χ0) is 14.4. The molecule has 0 amide bonds. The lowest BCUT2D eigenvalue weighted by Gasteiger charge is -2.06. The minimum absolute atomic E-state index is 0.0223.